The highest BCUT2D eigenvalue weighted by Crippen LogP contribution is 2.65. The Bertz CT molecular complexity index is 1390. The number of aliphatic imine (C=N–C) groups is 1. The average Bonchev–Trinajstić information content (AvgIpc) is 3.28. The van der Waals surface area contributed by atoms with E-state index < -0.39 is 55.2 Å². The summed E-state index contributed by atoms with van der Waals surface area (Å²) in [5, 5.41) is 28.9. The van der Waals surface area contributed by atoms with Gasteiger partial charge in [0.05, 0.1) is 25.9 Å². The molecule has 1 saturated heterocycles. The molecule has 0 aromatic carbocycles. The summed E-state index contributed by atoms with van der Waals surface area (Å²) in [6.07, 6.45) is 2.92. The summed E-state index contributed by atoms with van der Waals surface area (Å²) in [7, 11) is -4.19. The lowest BCUT2D eigenvalue weighted by molar-refractivity contribution is -0.146. The lowest BCUT2D eigenvalue weighted by Crippen LogP contribution is -2.46. The molecule has 2 saturated carbocycles. The molecule has 8 N–H and O–H groups in total. The highest BCUT2D eigenvalue weighted by molar-refractivity contribution is 7.54. The predicted molar refractivity (Wildman–Crippen MR) is 191 cm³/mol. The van der Waals surface area contributed by atoms with E-state index in [-0.39, 0.29) is 68.1 Å². The van der Waals surface area contributed by atoms with Gasteiger partial charge in [-0.1, -0.05) is 34.6 Å². The van der Waals surface area contributed by atoms with Crippen molar-refractivity contribution in [2.45, 2.75) is 97.9 Å². The van der Waals surface area contributed by atoms with Crippen molar-refractivity contribution in [3.8, 4) is 0 Å². The molecule has 6 unspecified atom stereocenters. The van der Waals surface area contributed by atoms with E-state index in [1.54, 1.807) is 20.1 Å². The molecule has 1 aromatic heterocycles. The first-order valence-corrected chi connectivity index (χ1v) is 19.4. The molecule has 1 aliphatic heterocycles. The monoisotopic (exact) mass is 724 g/mol. The van der Waals surface area contributed by atoms with Crippen LogP contribution in [0.5, 0.6) is 0 Å². The molecule has 0 radical (unpaired) electrons. The molecule has 50 heavy (non-hydrogen) atoms. The van der Waals surface area contributed by atoms with Gasteiger partial charge in [-0.3, -0.25) is 19.1 Å². The van der Waals surface area contributed by atoms with Crippen molar-refractivity contribution in [1.29, 1.82) is 0 Å². The van der Waals surface area contributed by atoms with Crippen LogP contribution in [0.15, 0.2) is 4.99 Å². The maximum Gasteiger partial charge on any atom is 0.342 e. The number of rotatable bonds is 18. The number of carbonyl (C=O) groups excluding carboxylic acids is 2. The first kappa shape index (κ1) is 39.9. The fourth-order valence-corrected chi connectivity index (χ4v) is 9.24. The van der Waals surface area contributed by atoms with Crippen molar-refractivity contribution in [3.05, 3.63) is 0 Å². The molecule has 0 amide bonds. The van der Waals surface area contributed by atoms with Crippen LogP contribution in [0.25, 0.3) is 0 Å². The van der Waals surface area contributed by atoms with Crippen LogP contribution in [-0.4, -0.2) is 95.0 Å². The summed E-state index contributed by atoms with van der Waals surface area (Å²) in [5.74, 6) is -2.22. The molecule has 8 atom stereocenters. The number of carbonyl (C=O) groups is 2. The molecule has 282 valence electrons. The molecule has 2 heterocycles. The van der Waals surface area contributed by atoms with Crippen molar-refractivity contribution in [2.24, 2.45) is 40.5 Å². The van der Waals surface area contributed by atoms with Crippen LogP contribution >= 0.6 is 7.67 Å². The zero-order valence-corrected chi connectivity index (χ0v) is 31.3. The number of esters is 2. The topological polar surface area (TPSA) is 237 Å². The van der Waals surface area contributed by atoms with E-state index in [1.807, 2.05) is 34.6 Å². The Labute approximate surface area is 295 Å². The van der Waals surface area contributed by atoms with Crippen LogP contribution in [-0.2, 0) is 28.2 Å². The van der Waals surface area contributed by atoms with Gasteiger partial charge in [-0.25, -0.2) is 10.2 Å². The van der Waals surface area contributed by atoms with Gasteiger partial charge in [0, 0.05) is 37.1 Å². The number of aliphatic hydroxyl groups excluding tert-OH is 1. The van der Waals surface area contributed by atoms with Crippen molar-refractivity contribution in [2.75, 3.05) is 49.3 Å². The van der Waals surface area contributed by atoms with Gasteiger partial charge in [0.1, 0.15) is 23.4 Å². The number of nitrogens with two attached hydrogens (primary N) is 2. The second kappa shape index (κ2) is 16.6. The van der Waals surface area contributed by atoms with Gasteiger partial charge in [0.2, 0.25) is 5.95 Å². The van der Waals surface area contributed by atoms with Crippen LogP contribution in [0.3, 0.4) is 0 Å². The molecule has 3 fully saturated rings. The number of nitrogens with one attached hydrogen (secondary N) is 2. The van der Waals surface area contributed by atoms with Crippen LogP contribution in [0.1, 0.15) is 74.1 Å². The SMILES string of the molecule is CCOC(=O)[C@H](CC(C)C)NP(=O)(N[C@@H](CC(C)C)C(=O)OCC)OCC1C(C)C2C(C=Nc3c(N)nc(N)nc3N3CCCC3)C2(O)C1O. The normalized spacial score (nSPS) is 27.6. The molecule has 3 aliphatic rings. The summed E-state index contributed by atoms with van der Waals surface area (Å²) in [6.45, 7) is 14.5. The largest absolute Gasteiger partial charge is 0.465 e. The van der Waals surface area contributed by atoms with Crippen molar-refractivity contribution in [3.63, 3.8) is 0 Å². The van der Waals surface area contributed by atoms with E-state index in [4.69, 9.17) is 25.5 Å². The van der Waals surface area contributed by atoms with Gasteiger partial charge in [-0.05, 0) is 57.3 Å². The fourth-order valence-electron chi connectivity index (χ4n) is 7.39. The van der Waals surface area contributed by atoms with Gasteiger partial charge in [0.25, 0.3) is 0 Å². The number of nitrogen functional groups attached to an aromatic ring is 2. The molecule has 2 aliphatic carbocycles. The summed E-state index contributed by atoms with van der Waals surface area (Å²) in [5.41, 5.74) is 10.9. The smallest absolute Gasteiger partial charge is 0.342 e. The number of aliphatic hydroxyl groups is 2. The van der Waals surface area contributed by atoms with E-state index in [2.05, 4.69) is 30.0 Å². The third kappa shape index (κ3) is 8.94. The van der Waals surface area contributed by atoms with Crippen LogP contribution in [0, 0.1) is 35.5 Å². The highest BCUT2D eigenvalue weighted by Gasteiger charge is 2.76. The number of hydrogen-bond donors (Lipinski definition) is 6. The Morgan fingerprint density at radius 1 is 1.04 bits per heavy atom. The van der Waals surface area contributed by atoms with E-state index in [0.29, 0.717) is 11.5 Å². The zero-order valence-electron chi connectivity index (χ0n) is 30.4. The van der Waals surface area contributed by atoms with Gasteiger partial charge >= 0.3 is 19.6 Å². The lowest BCUT2D eigenvalue weighted by atomic mass is 9.89. The Kier molecular flexibility index (Phi) is 13.3. The van der Waals surface area contributed by atoms with Crippen LogP contribution in [0.4, 0.5) is 23.3 Å². The van der Waals surface area contributed by atoms with Crippen LogP contribution < -0.4 is 26.5 Å². The van der Waals surface area contributed by atoms with Crippen molar-refractivity contribution < 1.29 is 38.4 Å². The first-order chi connectivity index (χ1) is 23.6. The highest BCUT2D eigenvalue weighted by atomic mass is 31.2. The number of anilines is 3. The number of hydrogen-bond acceptors (Lipinski definition) is 14. The van der Waals surface area contributed by atoms with Gasteiger partial charge in [-0.15, -0.1) is 0 Å². The number of nitrogens with zero attached hydrogens (tertiary/aromatic N) is 4. The van der Waals surface area contributed by atoms with E-state index in [1.165, 1.54) is 0 Å². The third-order valence-corrected chi connectivity index (χ3v) is 11.6. The number of fused-ring (bicyclic) bond motifs is 1. The lowest BCUT2D eigenvalue weighted by Gasteiger charge is -2.32. The Morgan fingerprint density at radius 2 is 1.58 bits per heavy atom. The van der Waals surface area contributed by atoms with E-state index in [0.717, 1.165) is 25.9 Å². The van der Waals surface area contributed by atoms with Gasteiger partial charge < -0.3 is 40.6 Å². The molecular weight excluding hydrogens is 667 g/mol. The molecule has 16 nitrogen and oxygen atoms in total. The molecule has 17 heteroatoms. The molecule has 1 aromatic rings. The average molecular weight is 725 g/mol. The Balaban J connectivity index is 1.54. The number of ether oxygens (including phenoxy) is 2. The van der Waals surface area contributed by atoms with Gasteiger partial charge in [0.15, 0.2) is 11.6 Å². The number of aromatic nitrogens is 2. The summed E-state index contributed by atoms with van der Waals surface area (Å²) >= 11 is 0. The van der Waals surface area contributed by atoms with Crippen molar-refractivity contribution >= 4 is 49.1 Å². The van der Waals surface area contributed by atoms with Gasteiger partial charge in [-0.2, -0.15) is 9.97 Å². The van der Waals surface area contributed by atoms with Crippen LogP contribution in [0.2, 0.25) is 0 Å². The summed E-state index contributed by atoms with van der Waals surface area (Å²) in [6, 6.07) is -2.01. The molecule has 4 rings (SSSR count). The Hall–Kier alpha value is -2.88. The summed E-state index contributed by atoms with van der Waals surface area (Å²) in [4.78, 5) is 41.0. The maximum absolute atomic E-state index is 14.6. The fraction of sp³-hybridized carbons (Fsp3) is 0.788. The third-order valence-electron chi connectivity index (χ3n) is 9.80. The van der Waals surface area contributed by atoms with E-state index >= 15 is 0 Å². The molecular formula is C33H57N8O8P. The molecule has 0 bridgehead atoms. The minimum Gasteiger partial charge on any atom is -0.465 e. The standard InChI is InChI=1S/C33H57N8O8P/c1-8-47-30(43)23(14-18(3)4)39-50(46,40-24(15-19(5)6)31(44)48-9-2)49-17-21-20(7)25-22(33(25,45)27(21)42)16-36-26-28(34)37-32(35)38-29(26)41-12-10-11-13-41/h16,18-25,27,42,45H,8-15,17H2,1-7H3,(H2,39,40,46)(H4,34,35,37,38)/t20?,21?,22?,23-,24-,25?,27?,33?/m0/s1. The molecule has 0 spiro atoms. The van der Waals surface area contributed by atoms with Crippen molar-refractivity contribution in [1.82, 2.24) is 20.1 Å². The summed E-state index contributed by atoms with van der Waals surface area (Å²) < 4.78 is 31.2. The minimum absolute atomic E-state index is 0.0279. The second-order valence-corrected chi connectivity index (χ2v) is 16.4. The first-order valence-electron chi connectivity index (χ1n) is 17.8. The maximum atomic E-state index is 14.6. The quantitative estimate of drug-likeness (QED) is 0.0725. The Morgan fingerprint density at radius 3 is 2.04 bits per heavy atom. The predicted octanol–water partition coefficient (Wildman–Crippen LogP) is 2.81. The zero-order chi connectivity index (χ0) is 37.0. The second-order valence-electron chi connectivity index (χ2n) is 14.5. The van der Waals surface area contributed by atoms with E-state index in [9.17, 15) is 24.4 Å². The minimum atomic E-state index is -4.19.